The summed E-state index contributed by atoms with van der Waals surface area (Å²) in [5.41, 5.74) is 1.08. The Kier molecular flexibility index (Phi) is 5.24. The first-order valence-electron chi connectivity index (χ1n) is 8.56. The number of aromatic nitrogens is 1. The van der Waals surface area contributed by atoms with Crippen LogP contribution in [0.15, 0.2) is 33.7 Å². The minimum absolute atomic E-state index is 0.183. The van der Waals surface area contributed by atoms with Crippen molar-refractivity contribution in [2.75, 3.05) is 13.1 Å². The maximum atomic E-state index is 13.8. The van der Waals surface area contributed by atoms with Gasteiger partial charge in [-0.2, -0.15) is 4.31 Å². The van der Waals surface area contributed by atoms with Crippen molar-refractivity contribution in [3.05, 3.63) is 47.1 Å². The van der Waals surface area contributed by atoms with Gasteiger partial charge in [0.15, 0.2) is 5.76 Å². The fourth-order valence-corrected chi connectivity index (χ4v) is 5.36. The predicted molar refractivity (Wildman–Crippen MR) is 92.2 cm³/mol. The van der Waals surface area contributed by atoms with Gasteiger partial charge in [-0.25, -0.2) is 12.8 Å². The van der Waals surface area contributed by atoms with Gasteiger partial charge < -0.3 is 4.52 Å². The van der Waals surface area contributed by atoms with Crippen molar-refractivity contribution in [2.45, 2.75) is 44.4 Å². The second-order valence-electron chi connectivity index (χ2n) is 6.65. The molecule has 1 atom stereocenters. The summed E-state index contributed by atoms with van der Waals surface area (Å²) < 4.78 is 46.2. The number of rotatable bonds is 5. The van der Waals surface area contributed by atoms with Crippen LogP contribution in [0.5, 0.6) is 0 Å². The van der Waals surface area contributed by atoms with Gasteiger partial charge in [0, 0.05) is 13.1 Å². The summed E-state index contributed by atoms with van der Waals surface area (Å²) in [6.07, 6.45) is 3.16. The molecule has 2 heterocycles. The first-order valence-corrected chi connectivity index (χ1v) is 10.00. The normalized spacial score (nSPS) is 19.2. The first-order chi connectivity index (χ1) is 11.9. The van der Waals surface area contributed by atoms with Gasteiger partial charge >= 0.3 is 0 Å². The molecular formula is C18H23FN2O3S. The van der Waals surface area contributed by atoms with Crippen molar-refractivity contribution in [3.63, 3.8) is 0 Å². The largest absolute Gasteiger partial charge is 0.360 e. The van der Waals surface area contributed by atoms with Gasteiger partial charge in [0.1, 0.15) is 16.4 Å². The van der Waals surface area contributed by atoms with E-state index in [0.29, 0.717) is 36.5 Å². The highest BCUT2D eigenvalue weighted by Gasteiger charge is 2.34. The van der Waals surface area contributed by atoms with E-state index in [2.05, 4.69) is 5.16 Å². The minimum Gasteiger partial charge on any atom is -0.360 e. The molecular weight excluding hydrogens is 343 g/mol. The van der Waals surface area contributed by atoms with E-state index >= 15 is 0 Å². The molecule has 1 aromatic carbocycles. The van der Waals surface area contributed by atoms with Gasteiger partial charge in [-0.1, -0.05) is 23.4 Å². The van der Waals surface area contributed by atoms with Crippen LogP contribution in [-0.4, -0.2) is 31.0 Å². The van der Waals surface area contributed by atoms with Crippen LogP contribution in [0.25, 0.3) is 0 Å². The van der Waals surface area contributed by atoms with E-state index in [1.165, 1.54) is 10.4 Å². The summed E-state index contributed by atoms with van der Waals surface area (Å²) in [4.78, 5) is 0.183. The predicted octanol–water partition coefficient (Wildman–Crippen LogP) is 3.46. The Bertz CT molecular complexity index is 828. The van der Waals surface area contributed by atoms with E-state index in [-0.39, 0.29) is 16.6 Å². The number of sulfonamides is 1. The zero-order valence-corrected chi connectivity index (χ0v) is 15.4. The Morgan fingerprint density at radius 1 is 1.32 bits per heavy atom. The number of hydrogen-bond donors (Lipinski definition) is 0. The molecule has 0 bridgehead atoms. The van der Waals surface area contributed by atoms with Crippen molar-refractivity contribution in [3.8, 4) is 0 Å². The van der Waals surface area contributed by atoms with Crippen LogP contribution in [0.4, 0.5) is 4.39 Å². The number of benzene rings is 1. The van der Waals surface area contributed by atoms with Crippen molar-refractivity contribution in [1.29, 1.82) is 0 Å². The van der Waals surface area contributed by atoms with E-state index in [1.807, 2.05) is 6.07 Å². The first kappa shape index (κ1) is 18.1. The molecule has 0 N–H and O–H groups in total. The van der Waals surface area contributed by atoms with E-state index < -0.39 is 10.0 Å². The average molecular weight is 366 g/mol. The number of nitrogens with zero attached hydrogens (tertiary/aromatic N) is 2. The highest BCUT2D eigenvalue weighted by molar-refractivity contribution is 7.89. The fraction of sp³-hybridized carbons (Fsp3) is 0.500. The van der Waals surface area contributed by atoms with Gasteiger partial charge in [-0.15, -0.1) is 0 Å². The molecule has 0 amide bonds. The molecule has 5 nitrogen and oxygen atoms in total. The summed E-state index contributed by atoms with van der Waals surface area (Å²) in [6.45, 7) is 4.22. The monoisotopic (exact) mass is 366 g/mol. The number of piperidine rings is 1. The number of aryl methyl sites for hydroxylation is 3. The molecule has 1 fully saturated rings. The molecule has 0 saturated carbocycles. The smallest absolute Gasteiger partial charge is 0.248 e. The van der Waals surface area contributed by atoms with Crippen LogP contribution in [0, 0.1) is 25.6 Å². The van der Waals surface area contributed by atoms with Crippen molar-refractivity contribution >= 4 is 10.0 Å². The van der Waals surface area contributed by atoms with Crippen molar-refractivity contribution < 1.29 is 17.3 Å². The quantitative estimate of drug-likeness (QED) is 0.813. The topological polar surface area (TPSA) is 63.4 Å². The molecule has 136 valence electrons. The summed E-state index contributed by atoms with van der Waals surface area (Å²) in [5, 5.41) is 3.76. The van der Waals surface area contributed by atoms with Gasteiger partial charge in [-0.3, -0.25) is 0 Å². The Hall–Kier alpha value is -1.73. The molecule has 0 unspecified atom stereocenters. The van der Waals surface area contributed by atoms with Gasteiger partial charge in [-0.05, 0) is 57.1 Å². The zero-order chi connectivity index (χ0) is 18.0. The molecule has 0 spiro atoms. The zero-order valence-electron chi connectivity index (χ0n) is 14.5. The minimum atomic E-state index is -3.60. The second kappa shape index (κ2) is 7.25. The third-order valence-electron chi connectivity index (χ3n) is 4.83. The number of halogens is 1. The highest BCUT2D eigenvalue weighted by Crippen LogP contribution is 2.29. The summed E-state index contributed by atoms with van der Waals surface area (Å²) in [6, 6.07) is 6.76. The maximum Gasteiger partial charge on any atom is 0.248 e. The van der Waals surface area contributed by atoms with Crippen LogP contribution in [0.1, 0.15) is 36.3 Å². The molecule has 7 heteroatoms. The summed E-state index contributed by atoms with van der Waals surface area (Å²) in [5.74, 6) is 0.355. The van der Waals surface area contributed by atoms with E-state index in [9.17, 15) is 12.8 Å². The Balaban J connectivity index is 1.70. The van der Waals surface area contributed by atoms with Gasteiger partial charge in [0.05, 0.1) is 0 Å². The lowest BCUT2D eigenvalue weighted by Crippen LogP contribution is -2.40. The van der Waals surface area contributed by atoms with Gasteiger partial charge in [0.2, 0.25) is 10.0 Å². The molecule has 1 aromatic heterocycles. The van der Waals surface area contributed by atoms with E-state index in [0.717, 1.165) is 19.3 Å². The summed E-state index contributed by atoms with van der Waals surface area (Å²) >= 11 is 0. The lowest BCUT2D eigenvalue weighted by molar-refractivity contribution is 0.255. The molecule has 1 saturated heterocycles. The van der Waals surface area contributed by atoms with Crippen LogP contribution in [0.2, 0.25) is 0 Å². The van der Waals surface area contributed by atoms with Crippen molar-refractivity contribution in [2.24, 2.45) is 5.92 Å². The fourth-order valence-electron chi connectivity index (χ4n) is 3.51. The Labute approximate surface area is 147 Å². The maximum absolute atomic E-state index is 13.8. The van der Waals surface area contributed by atoms with E-state index in [1.54, 1.807) is 26.0 Å². The average Bonchev–Trinajstić information content (AvgIpc) is 2.94. The third-order valence-corrected chi connectivity index (χ3v) is 6.94. The lowest BCUT2D eigenvalue weighted by Gasteiger charge is -2.32. The molecule has 3 rings (SSSR count). The van der Waals surface area contributed by atoms with Crippen LogP contribution in [-0.2, 0) is 16.4 Å². The standard InChI is InChI=1S/C18H23FN2O3S/c1-13-18(14(2)24-20-13)25(22,23)21-11-5-6-15(12-21)9-10-16-7-3-4-8-17(16)19/h3-4,7-8,15H,5-6,9-12H2,1-2H3/t15-/m1/s1. The third kappa shape index (κ3) is 3.77. The van der Waals surface area contributed by atoms with E-state index in [4.69, 9.17) is 4.52 Å². The van der Waals surface area contributed by atoms with Crippen molar-refractivity contribution in [1.82, 2.24) is 9.46 Å². The van der Waals surface area contributed by atoms with Crippen LogP contribution in [0.3, 0.4) is 0 Å². The number of hydrogen-bond acceptors (Lipinski definition) is 4. The second-order valence-corrected chi connectivity index (χ2v) is 8.53. The molecule has 2 aromatic rings. The molecule has 1 aliphatic heterocycles. The summed E-state index contributed by atoms with van der Waals surface area (Å²) in [7, 11) is -3.60. The lowest BCUT2D eigenvalue weighted by atomic mass is 9.92. The Morgan fingerprint density at radius 3 is 2.76 bits per heavy atom. The van der Waals surface area contributed by atoms with Gasteiger partial charge in [0.25, 0.3) is 0 Å². The molecule has 0 aliphatic carbocycles. The van der Waals surface area contributed by atoms with Crippen LogP contribution >= 0.6 is 0 Å². The van der Waals surface area contributed by atoms with Crippen LogP contribution < -0.4 is 0 Å². The highest BCUT2D eigenvalue weighted by atomic mass is 32.2. The SMILES string of the molecule is Cc1noc(C)c1S(=O)(=O)N1CCC[C@H](CCc2ccccc2F)C1. The molecule has 0 radical (unpaired) electrons. The Morgan fingerprint density at radius 2 is 2.08 bits per heavy atom. The molecule has 1 aliphatic rings. The molecule has 25 heavy (non-hydrogen) atoms.